The topological polar surface area (TPSA) is 9.23 Å². The van der Waals surface area contributed by atoms with Gasteiger partial charge in [0.1, 0.15) is 0 Å². The summed E-state index contributed by atoms with van der Waals surface area (Å²) in [7, 11) is 0. The summed E-state index contributed by atoms with van der Waals surface area (Å²) in [6, 6.07) is 0. The van der Waals surface area contributed by atoms with E-state index in [-0.39, 0.29) is 0 Å². The molecule has 0 aromatic heterocycles. The molecule has 1 aliphatic heterocycles. The zero-order chi connectivity index (χ0) is 29.5. The van der Waals surface area contributed by atoms with Gasteiger partial charge in [-0.05, 0) is 26.1 Å². The van der Waals surface area contributed by atoms with Gasteiger partial charge in [-0.3, -0.25) is 0 Å². The van der Waals surface area contributed by atoms with Crippen molar-refractivity contribution in [2.75, 3.05) is 13.2 Å². The zero-order valence-electron chi connectivity index (χ0n) is 18.5. The van der Waals surface area contributed by atoms with Gasteiger partial charge in [0.05, 0.1) is 0 Å². The van der Waals surface area contributed by atoms with Crippen LogP contribution in [0.5, 0.6) is 0 Å². The highest BCUT2D eigenvalue weighted by atomic mass is 27.2. The first-order chi connectivity index (χ1) is 18.2. The third-order valence-electron chi connectivity index (χ3n) is 5.42. The molecule has 0 radical (unpaired) electrons. The largest absolute Gasteiger partial charge is 0.413 e. The van der Waals surface area contributed by atoms with Crippen LogP contribution in [0.1, 0.15) is 12.8 Å². The maximum Gasteiger partial charge on any atom is 0.413 e. The standard InChI is InChI=1S/3C6F5.C4H8O.Al/c3*7-2-1-3(8)5(10)6(11)4(2)9;1-2-4-5-3-1;/h;;;1-4H2;. The van der Waals surface area contributed by atoms with Gasteiger partial charge in [-0.15, -0.1) is 0 Å². The smallest absolute Gasteiger partial charge is 0.381 e. The highest BCUT2D eigenvalue weighted by Crippen LogP contribution is 2.23. The molecule has 0 aliphatic carbocycles. The number of rotatable bonds is 3. The molecule has 0 unspecified atom stereocenters. The molecule has 1 saturated heterocycles. The molecule has 1 fully saturated rings. The Morgan fingerprint density at radius 1 is 0.308 bits per heavy atom. The van der Waals surface area contributed by atoms with E-state index in [1.54, 1.807) is 0 Å². The van der Waals surface area contributed by atoms with Crippen LogP contribution in [0, 0.1) is 87.3 Å². The van der Waals surface area contributed by atoms with Gasteiger partial charge >= 0.3 is 14.1 Å². The molecule has 17 heteroatoms. The lowest BCUT2D eigenvalue weighted by molar-refractivity contribution is 0.198. The summed E-state index contributed by atoms with van der Waals surface area (Å²) >= 11 is -5.96. The highest BCUT2D eigenvalue weighted by Gasteiger charge is 2.47. The van der Waals surface area contributed by atoms with Crippen LogP contribution in [-0.2, 0) is 4.74 Å². The Bertz CT molecular complexity index is 1190. The highest BCUT2D eigenvalue weighted by molar-refractivity contribution is 6.95. The third kappa shape index (κ3) is 5.19. The fraction of sp³-hybridized carbons (Fsp3) is 0.182. The summed E-state index contributed by atoms with van der Waals surface area (Å²) in [5.74, 6) is -44.6. The maximum atomic E-state index is 14.4. The van der Waals surface area contributed by atoms with Crippen LogP contribution in [0.15, 0.2) is 0 Å². The van der Waals surface area contributed by atoms with Gasteiger partial charge in [-0.2, -0.15) is 0 Å². The fourth-order valence-electron chi connectivity index (χ4n) is 3.57. The van der Waals surface area contributed by atoms with Gasteiger partial charge in [0.15, 0.2) is 87.3 Å². The van der Waals surface area contributed by atoms with Crippen molar-refractivity contribution in [1.29, 1.82) is 0 Å². The average Bonchev–Trinajstić information content (AvgIpc) is 3.51. The van der Waals surface area contributed by atoms with E-state index in [0.29, 0.717) is 0 Å². The summed E-state index contributed by atoms with van der Waals surface area (Å²) in [6.45, 7) is 2.00. The summed E-state index contributed by atoms with van der Waals surface area (Å²) in [6.07, 6.45) is 2.56. The van der Waals surface area contributed by atoms with E-state index in [1.807, 2.05) is 0 Å². The predicted molar refractivity (Wildman–Crippen MR) is 103 cm³/mol. The lowest BCUT2D eigenvalue weighted by Crippen LogP contribution is -2.60. The second kappa shape index (κ2) is 11.7. The molecule has 0 amide bonds. The number of hydrogen-bond donors (Lipinski definition) is 0. The van der Waals surface area contributed by atoms with Crippen molar-refractivity contribution >= 4 is 27.4 Å². The number of halogens is 15. The molecule has 0 bridgehead atoms. The Morgan fingerprint density at radius 2 is 0.487 bits per heavy atom. The van der Waals surface area contributed by atoms with Crippen LogP contribution < -0.4 is 13.3 Å². The molecule has 4 rings (SSSR count). The van der Waals surface area contributed by atoms with Crippen molar-refractivity contribution in [2.24, 2.45) is 0 Å². The molecule has 3 aromatic rings. The average molecular weight is 600 g/mol. The second-order valence-corrected chi connectivity index (χ2v) is 10.3. The SMILES string of the molecule is C1CCOC1.Fc1c(F)c(F)[c]([Al]([c]2c(F)c(F)c(F)c(F)c2F)[c]2c(F)c(F)c(F)c(F)c2F)c(F)c1F. The summed E-state index contributed by atoms with van der Waals surface area (Å²) in [5, 5.41) is 0. The minimum Gasteiger partial charge on any atom is -0.381 e. The zero-order valence-corrected chi connectivity index (χ0v) is 19.6. The Kier molecular flexibility index (Phi) is 9.18. The monoisotopic (exact) mass is 600 g/mol. The molecule has 0 N–H and O–H groups in total. The molecular formula is C22H8AlF15O. The van der Waals surface area contributed by atoms with E-state index in [4.69, 9.17) is 4.74 Å². The molecule has 1 aliphatic rings. The molecule has 1 heterocycles. The van der Waals surface area contributed by atoms with Crippen molar-refractivity contribution in [2.45, 2.75) is 12.8 Å². The third-order valence-corrected chi connectivity index (χ3v) is 8.68. The van der Waals surface area contributed by atoms with Crippen LogP contribution >= 0.6 is 0 Å². The molecule has 0 saturated carbocycles. The summed E-state index contributed by atoms with van der Waals surface area (Å²) in [5.41, 5.74) is 0. The molecule has 3 aromatic carbocycles. The normalized spacial score (nSPS) is 13.0. The predicted octanol–water partition coefficient (Wildman–Crippen LogP) is 5.09. The lowest BCUT2D eigenvalue weighted by Gasteiger charge is -2.20. The minimum atomic E-state index is -5.96. The van der Waals surface area contributed by atoms with Crippen molar-refractivity contribution in [3.63, 3.8) is 0 Å². The van der Waals surface area contributed by atoms with Crippen LogP contribution in [0.4, 0.5) is 65.9 Å². The van der Waals surface area contributed by atoms with E-state index < -0.39 is 115 Å². The van der Waals surface area contributed by atoms with Crippen LogP contribution in [-0.4, -0.2) is 27.4 Å². The van der Waals surface area contributed by atoms with Gasteiger partial charge in [0.2, 0.25) is 0 Å². The van der Waals surface area contributed by atoms with E-state index in [1.165, 1.54) is 12.8 Å². The number of ether oxygens (including phenoxy) is 1. The van der Waals surface area contributed by atoms with E-state index >= 15 is 0 Å². The van der Waals surface area contributed by atoms with Crippen molar-refractivity contribution in [3.05, 3.63) is 87.3 Å². The lowest BCUT2D eigenvalue weighted by atomic mass is 10.3. The molecule has 1 nitrogen and oxygen atoms in total. The first-order valence-corrected chi connectivity index (χ1v) is 12.0. The van der Waals surface area contributed by atoms with E-state index in [2.05, 4.69) is 0 Å². The number of benzene rings is 3. The van der Waals surface area contributed by atoms with Gasteiger partial charge in [0.25, 0.3) is 0 Å². The summed E-state index contributed by atoms with van der Waals surface area (Å²) in [4.78, 5) is 0. The maximum absolute atomic E-state index is 14.4. The summed E-state index contributed by atoms with van der Waals surface area (Å²) < 4.78 is 206. The molecule has 39 heavy (non-hydrogen) atoms. The van der Waals surface area contributed by atoms with Crippen LogP contribution in [0.2, 0.25) is 0 Å². The molecule has 210 valence electrons. The first kappa shape index (κ1) is 30.6. The number of hydrogen-bond acceptors (Lipinski definition) is 1. The van der Waals surface area contributed by atoms with Crippen LogP contribution in [0.25, 0.3) is 0 Å². The minimum absolute atomic E-state index is 1.00. The second-order valence-electron chi connectivity index (χ2n) is 7.70. The molecular weight excluding hydrogens is 592 g/mol. The first-order valence-electron chi connectivity index (χ1n) is 10.3. The Morgan fingerprint density at radius 3 is 0.641 bits per heavy atom. The van der Waals surface area contributed by atoms with Crippen molar-refractivity contribution in [3.8, 4) is 0 Å². The fourth-order valence-corrected chi connectivity index (χ4v) is 6.72. The van der Waals surface area contributed by atoms with E-state index in [9.17, 15) is 65.9 Å². The van der Waals surface area contributed by atoms with Crippen LogP contribution in [0.3, 0.4) is 0 Å². The Hall–Kier alpha value is -2.90. The molecule has 0 atom stereocenters. The van der Waals surface area contributed by atoms with Gasteiger partial charge < -0.3 is 4.74 Å². The quantitative estimate of drug-likeness (QED) is 0.176. The Balaban J connectivity index is 0.000000753. The molecule has 0 spiro atoms. The Labute approximate surface area is 211 Å². The van der Waals surface area contributed by atoms with Gasteiger partial charge in [0, 0.05) is 13.2 Å². The van der Waals surface area contributed by atoms with E-state index in [0.717, 1.165) is 13.2 Å². The van der Waals surface area contributed by atoms with Gasteiger partial charge in [-0.1, -0.05) is 0 Å². The van der Waals surface area contributed by atoms with Gasteiger partial charge in [-0.25, -0.2) is 65.9 Å². The van der Waals surface area contributed by atoms with Crippen molar-refractivity contribution < 1.29 is 70.6 Å². The van der Waals surface area contributed by atoms with Crippen molar-refractivity contribution in [1.82, 2.24) is 0 Å².